The van der Waals surface area contributed by atoms with Crippen molar-refractivity contribution in [2.75, 3.05) is 18.9 Å². The lowest BCUT2D eigenvalue weighted by atomic mass is 10.1. The van der Waals surface area contributed by atoms with Gasteiger partial charge in [-0.1, -0.05) is 29.8 Å². The summed E-state index contributed by atoms with van der Waals surface area (Å²) in [7, 11) is 1.91. The summed E-state index contributed by atoms with van der Waals surface area (Å²) in [6.07, 6.45) is 0. The van der Waals surface area contributed by atoms with Crippen molar-refractivity contribution in [1.29, 1.82) is 0 Å². The third-order valence-electron chi connectivity index (χ3n) is 4.53. The molecule has 0 radical (unpaired) electrons. The highest BCUT2D eigenvalue weighted by atomic mass is 16.2. The highest BCUT2D eigenvalue weighted by molar-refractivity contribution is 5.93. The highest BCUT2D eigenvalue weighted by Gasteiger charge is 2.15. The minimum atomic E-state index is -0.154. The molecular formula is C21H25N4O2+. The molecule has 3 aromatic rings. The first-order chi connectivity index (χ1) is 12.8. The Morgan fingerprint density at radius 3 is 2.52 bits per heavy atom. The van der Waals surface area contributed by atoms with Crippen LogP contribution in [0.1, 0.15) is 22.5 Å². The fourth-order valence-electron chi connectivity index (χ4n) is 3.40. The summed E-state index contributed by atoms with van der Waals surface area (Å²) < 4.78 is 0. The number of aromatic nitrogens is 2. The number of aromatic amines is 1. The molecule has 0 saturated heterocycles. The number of hydrogen-bond donors (Lipinski definition) is 3. The molecule has 1 atom stereocenters. The number of rotatable bonds is 5. The molecular weight excluding hydrogens is 340 g/mol. The second-order valence-corrected chi connectivity index (χ2v) is 7.16. The molecule has 3 rings (SSSR count). The van der Waals surface area contributed by atoms with E-state index in [1.165, 1.54) is 5.56 Å². The SMILES string of the molecule is Cc1cc(C)c(NC(=O)C[NH+](C)Cc2nc3ccccc3c(=O)[nH]2)c(C)c1. The van der Waals surface area contributed by atoms with Gasteiger partial charge in [0.25, 0.3) is 11.5 Å². The number of nitrogens with zero attached hydrogens (tertiary/aromatic N) is 1. The third-order valence-corrected chi connectivity index (χ3v) is 4.53. The molecule has 0 fully saturated rings. The minimum Gasteiger partial charge on any atom is -0.323 e. The number of para-hydroxylation sites is 1. The van der Waals surface area contributed by atoms with E-state index in [1.807, 2.05) is 46.0 Å². The zero-order valence-electron chi connectivity index (χ0n) is 16.1. The molecule has 1 aromatic heterocycles. The van der Waals surface area contributed by atoms with Crippen LogP contribution in [-0.4, -0.2) is 29.5 Å². The number of amides is 1. The molecule has 27 heavy (non-hydrogen) atoms. The number of likely N-dealkylation sites (N-methyl/N-ethyl adjacent to an activating group) is 1. The Labute approximate surface area is 158 Å². The van der Waals surface area contributed by atoms with Crippen LogP contribution < -0.4 is 15.8 Å². The number of nitrogens with one attached hydrogen (secondary N) is 3. The molecule has 1 heterocycles. The van der Waals surface area contributed by atoms with Crippen LogP contribution in [0.5, 0.6) is 0 Å². The van der Waals surface area contributed by atoms with E-state index in [4.69, 9.17) is 0 Å². The summed E-state index contributed by atoms with van der Waals surface area (Å²) in [5.41, 5.74) is 4.67. The van der Waals surface area contributed by atoms with E-state index in [0.29, 0.717) is 23.3 Å². The van der Waals surface area contributed by atoms with E-state index in [0.717, 1.165) is 21.7 Å². The Kier molecular flexibility index (Phi) is 5.37. The second-order valence-electron chi connectivity index (χ2n) is 7.16. The van der Waals surface area contributed by atoms with E-state index in [-0.39, 0.29) is 18.0 Å². The van der Waals surface area contributed by atoms with Gasteiger partial charge in [-0.05, 0) is 44.0 Å². The minimum absolute atomic E-state index is 0.0642. The lowest BCUT2D eigenvalue weighted by Gasteiger charge is -2.16. The van der Waals surface area contributed by atoms with Gasteiger partial charge in [0.15, 0.2) is 12.4 Å². The summed E-state index contributed by atoms with van der Waals surface area (Å²) in [4.78, 5) is 32.9. The molecule has 0 saturated carbocycles. The first-order valence-corrected chi connectivity index (χ1v) is 9.00. The number of anilines is 1. The number of carbonyl (C=O) groups is 1. The Bertz CT molecular complexity index is 1030. The van der Waals surface area contributed by atoms with Crippen molar-refractivity contribution >= 4 is 22.5 Å². The maximum atomic E-state index is 12.5. The number of carbonyl (C=O) groups excluding carboxylic acids is 1. The number of fused-ring (bicyclic) bond motifs is 1. The quantitative estimate of drug-likeness (QED) is 0.641. The Morgan fingerprint density at radius 1 is 1.15 bits per heavy atom. The maximum absolute atomic E-state index is 12.5. The second kappa shape index (κ2) is 7.72. The Morgan fingerprint density at radius 2 is 1.81 bits per heavy atom. The van der Waals surface area contributed by atoms with Gasteiger partial charge in [0.2, 0.25) is 0 Å². The van der Waals surface area contributed by atoms with Gasteiger partial charge >= 0.3 is 0 Å². The molecule has 0 aliphatic rings. The molecule has 140 valence electrons. The van der Waals surface area contributed by atoms with Crippen molar-refractivity contribution in [2.24, 2.45) is 0 Å². The van der Waals surface area contributed by atoms with E-state index in [2.05, 4.69) is 27.4 Å². The molecule has 1 unspecified atom stereocenters. The summed E-state index contributed by atoms with van der Waals surface area (Å²) in [5, 5.41) is 3.58. The average Bonchev–Trinajstić information content (AvgIpc) is 2.58. The lowest BCUT2D eigenvalue weighted by Crippen LogP contribution is -3.08. The van der Waals surface area contributed by atoms with E-state index in [9.17, 15) is 9.59 Å². The van der Waals surface area contributed by atoms with E-state index < -0.39 is 0 Å². The first-order valence-electron chi connectivity index (χ1n) is 9.00. The van der Waals surface area contributed by atoms with Crippen LogP contribution in [0, 0.1) is 20.8 Å². The van der Waals surface area contributed by atoms with Gasteiger partial charge in [0.05, 0.1) is 18.0 Å². The zero-order chi connectivity index (χ0) is 19.6. The summed E-state index contributed by atoms with van der Waals surface area (Å²) in [6, 6.07) is 11.4. The van der Waals surface area contributed by atoms with Crippen LogP contribution in [0.15, 0.2) is 41.2 Å². The van der Waals surface area contributed by atoms with Gasteiger partial charge < -0.3 is 15.2 Å². The zero-order valence-corrected chi connectivity index (χ0v) is 16.1. The largest absolute Gasteiger partial charge is 0.323 e. The van der Waals surface area contributed by atoms with Crippen LogP contribution in [-0.2, 0) is 11.3 Å². The van der Waals surface area contributed by atoms with E-state index in [1.54, 1.807) is 6.07 Å². The van der Waals surface area contributed by atoms with Crippen LogP contribution in [0.2, 0.25) is 0 Å². The van der Waals surface area contributed by atoms with Gasteiger partial charge in [-0.15, -0.1) is 0 Å². The fourth-order valence-corrected chi connectivity index (χ4v) is 3.40. The van der Waals surface area contributed by atoms with Crippen molar-refractivity contribution in [1.82, 2.24) is 9.97 Å². The summed E-state index contributed by atoms with van der Waals surface area (Å²) in [6.45, 7) is 6.77. The molecule has 0 aliphatic carbocycles. The summed E-state index contributed by atoms with van der Waals surface area (Å²) in [5.74, 6) is 0.511. The monoisotopic (exact) mass is 365 g/mol. The molecule has 0 bridgehead atoms. The average molecular weight is 365 g/mol. The Balaban J connectivity index is 1.68. The predicted octanol–water partition coefficient (Wildman–Crippen LogP) is 1.50. The first kappa shape index (κ1) is 18.8. The normalized spacial score (nSPS) is 12.1. The van der Waals surface area contributed by atoms with Crippen LogP contribution in [0.25, 0.3) is 10.9 Å². The fraction of sp³-hybridized carbons (Fsp3) is 0.286. The van der Waals surface area contributed by atoms with Crippen molar-refractivity contribution in [2.45, 2.75) is 27.3 Å². The van der Waals surface area contributed by atoms with Crippen LogP contribution in [0.3, 0.4) is 0 Å². The van der Waals surface area contributed by atoms with Crippen molar-refractivity contribution in [3.63, 3.8) is 0 Å². The number of quaternary nitrogens is 1. The van der Waals surface area contributed by atoms with Crippen molar-refractivity contribution in [3.05, 3.63) is 69.3 Å². The van der Waals surface area contributed by atoms with Gasteiger partial charge in [0, 0.05) is 5.69 Å². The standard InChI is InChI=1S/C21H24N4O2/c1-13-9-14(2)20(15(3)10-13)24-19(26)12-25(4)11-18-22-17-8-6-5-7-16(17)21(27)23-18/h5-10H,11-12H2,1-4H3,(H,24,26)(H,22,23,27)/p+1. The van der Waals surface area contributed by atoms with E-state index >= 15 is 0 Å². The number of benzene rings is 2. The molecule has 6 heteroatoms. The molecule has 2 aromatic carbocycles. The smallest absolute Gasteiger partial charge is 0.279 e. The Hall–Kier alpha value is -2.99. The molecule has 0 spiro atoms. The maximum Gasteiger partial charge on any atom is 0.279 e. The molecule has 3 N–H and O–H groups in total. The predicted molar refractivity (Wildman–Crippen MR) is 107 cm³/mol. The van der Waals surface area contributed by atoms with Crippen LogP contribution >= 0.6 is 0 Å². The number of aryl methyl sites for hydroxylation is 3. The third kappa shape index (κ3) is 4.41. The number of H-pyrrole nitrogens is 1. The number of hydrogen-bond acceptors (Lipinski definition) is 3. The molecule has 6 nitrogen and oxygen atoms in total. The van der Waals surface area contributed by atoms with Crippen molar-refractivity contribution in [3.8, 4) is 0 Å². The van der Waals surface area contributed by atoms with Gasteiger partial charge in [-0.3, -0.25) is 9.59 Å². The molecule has 0 aliphatic heterocycles. The van der Waals surface area contributed by atoms with Gasteiger partial charge in [-0.2, -0.15) is 0 Å². The molecule has 1 amide bonds. The van der Waals surface area contributed by atoms with Gasteiger partial charge in [-0.25, -0.2) is 4.98 Å². The van der Waals surface area contributed by atoms with Crippen molar-refractivity contribution < 1.29 is 9.69 Å². The highest BCUT2D eigenvalue weighted by Crippen LogP contribution is 2.21. The van der Waals surface area contributed by atoms with Crippen LogP contribution in [0.4, 0.5) is 5.69 Å². The summed E-state index contributed by atoms with van der Waals surface area (Å²) >= 11 is 0. The topological polar surface area (TPSA) is 79.3 Å². The van der Waals surface area contributed by atoms with Gasteiger partial charge in [0.1, 0.15) is 6.54 Å². The lowest BCUT2D eigenvalue weighted by molar-refractivity contribution is -0.885.